The number of hydroxylamine groups is 2. The Morgan fingerprint density at radius 3 is 2.17 bits per heavy atom. The SMILES string of the molecule is COCCON1C[C@]2(CO[Si](c3ccccc3)(c3ccccc3)C(C)(C)C)O[C@@H](n3ccc(=O)[nH]c3=O)[C@H]1[C@@H]2C. The maximum absolute atomic E-state index is 12.8. The number of aromatic nitrogens is 2. The van der Waals surface area contributed by atoms with Gasteiger partial charge >= 0.3 is 5.69 Å². The van der Waals surface area contributed by atoms with Crippen LogP contribution in [0.4, 0.5) is 0 Å². The second-order valence-electron chi connectivity index (χ2n) is 11.7. The third-order valence-electron chi connectivity index (χ3n) is 8.37. The largest absolute Gasteiger partial charge is 0.404 e. The molecule has 4 atom stereocenters. The average molecular weight is 566 g/mol. The summed E-state index contributed by atoms with van der Waals surface area (Å²) in [6.45, 7) is 10.5. The minimum Gasteiger partial charge on any atom is -0.404 e. The zero-order chi connectivity index (χ0) is 28.5. The highest BCUT2D eigenvalue weighted by Crippen LogP contribution is 2.51. The van der Waals surface area contributed by atoms with Gasteiger partial charge in [-0.25, -0.2) is 4.79 Å². The Morgan fingerprint density at radius 2 is 1.62 bits per heavy atom. The minimum atomic E-state index is -2.84. The maximum Gasteiger partial charge on any atom is 0.330 e. The lowest BCUT2D eigenvalue weighted by Gasteiger charge is -2.45. The zero-order valence-corrected chi connectivity index (χ0v) is 24.8. The smallest absolute Gasteiger partial charge is 0.330 e. The summed E-state index contributed by atoms with van der Waals surface area (Å²) in [5.74, 6) is -0.0305. The molecule has 40 heavy (non-hydrogen) atoms. The van der Waals surface area contributed by atoms with Crippen molar-refractivity contribution >= 4 is 18.7 Å². The van der Waals surface area contributed by atoms with E-state index in [1.807, 2.05) is 17.2 Å². The monoisotopic (exact) mass is 565 g/mol. The predicted molar refractivity (Wildman–Crippen MR) is 155 cm³/mol. The molecule has 5 rings (SSSR count). The van der Waals surface area contributed by atoms with Crippen LogP contribution in [0.2, 0.25) is 5.04 Å². The van der Waals surface area contributed by atoms with E-state index in [2.05, 4.69) is 81.2 Å². The van der Waals surface area contributed by atoms with Gasteiger partial charge in [0, 0.05) is 25.3 Å². The highest BCUT2D eigenvalue weighted by molar-refractivity contribution is 6.99. The molecule has 2 bridgehead atoms. The molecule has 0 unspecified atom stereocenters. The van der Waals surface area contributed by atoms with E-state index in [1.54, 1.807) is 7.11 Å². The first-order valence-corrected chi connectivity index (χ1v) is 15.7. The van der Waals surface area contributed by atoms with Crippen molar-refractivity contribution in [3.8, 4) is 0 Å². The minimum absolute atomic E-state index is 0.0305. The van der Waals surface area contributed by atoms with E-state index in [0.717, 1.165) is 0 Å². The fourth-order valence-corrected chi connectivity index (χ4v) is 11.0. The molecule has 0 saturated carbocycles. The van der Waals surface area contributed by atoms with Crippen LogP contribution in [0.1, 0.15) is 33.9 Å². The molecule has 0 radical (unpaired) electrons. The van der Waals surface area contributed by atoms with Gasteiger partial charge in [-0.2, -0.15) is 5.06 Å². The molecule has 1 N–H and O–H groups in total. The number of nitrogens with zero attached hydrogens (tertiary/aromatic N) is 2. The molecule has 0 amide bonds. The van der Waals surface area contributed by atoms with Gasteiger partial charge in [0.1, 0.15) is 5.60 Å². The molecule has 214 valence electrons. The van der Waals surface area contributed by atoms with E-state index >= 15 is 0 Å². The number of methoxy groups -OCH3 is 1. The van der Waals surface area contributed by atoms with Crippen LogP contribution < -0.4 is 21.6 Å². The summed E-state index contributed by atoms with van der Waals surface area (Å²) in [6.07, 6.45) is 0.835. The quantitative estimate of drug-likeness (QED) is 0.298. The first-order valence-electron chi connectivity index (χ1n) is 13.8. The normalized spacial score (nSPS) is 25.0. The summed E-state index contributed by atoms with van der Waals surface area (Å²) in [6, 6.07) is 22.1. The molecule has 0 spiro atoms. The van der Waals surface area contributed by atoms with Crippen molar-refractivity contribution in [3.05, 3.63) is 93.8 Å². The van der Waals surface area contributed by atoms with Crippen molar-refractivity contribution in [1.29, 1.82) is 0 Å². The molecule has 2 aromatic carbocycles. The van der Waals surface area contributed by atoms with Crippen molar-refractivity contribution in [3.63, 3.8) is 0 Å². The zero-order valence-electron chi connectivity index (χ0n) is 23.8. The Bertz CT molecular complexity index is 1370. The van der Waals surface area contributed by atoms with Crippen molar-refractivity contribution in [1.82, 2.24) is 14.6 Å². The summed E-state index contributed by atoms with van der Waals surface area (Å²) in [4.78, 5) is 33.1. The number of morpholine rings is 1. The molecule has 10 heteroatoms. The number of H-pyrrole nitrogens is 1. The van der Waals surface area contributed by atoms with E-state index in [4.69, 9.17) is 18.7 Å². The molecular weight excluding hydrogens is 526 g/mol. The van der Waals surface area contributed by atoms with Gasteiger partial charge in [-0.15, -0.1) is 0 Å². The number of rotatable bonds is 10. The molecule has 3 heterocycles. The van der Waals surface area contributed by atoms with Crippen LogP contribution in [0.5, 0.6) is 0 Å². The summed E-state index contributed by atoms with van der Waals surface area (Å²) in [7, 11) is -1.21. The third kappa shape index (κ3) is 4.93. The van der Waals surface area contributed by atoms with E-state index in [-0.39, 0.29) is 17.0 Å². The summed E-state index contributed by atoms with van der Waals surface area (Å²) < 4.78 is 20.7. The van der Waals surface area contributed by atoms with Crippen LogP contribution >= 0.6 is 0 Å². The van der Waals surface area contributed by atoms with Crippen LogP contribution in [-0.4, -0.2) is 68.0 Å². The summed E-state index contributed by atoms with van der Waals surface area (Å²) in [5, 5.41) is 4.08. The van der Waals surface area contributed by atoms with Crippen molar-refractivity contribution in [2.75, 3.05) is 33.5 Å². The van der Waals surface area contributed by atoms with Crippen LogP contribution in [0, 0.1) is 5.92 Å². The number of benzene rings is 2. The third-order valence-corrected chi connectivity index (χ3v) is 13.3. The van der Waals surface area contributed by atoms with Crippen molar-refractivity contribution < 1.29 is 18.7 Å². The Morgan fingerprint density at radius 1 is 1.00 bits per heavy atom. The average Bonchev–Trinajstić information content (AvgIpc) is 3.35. The van der Waals surface area contributed by atoms with Gasteiger partial charge in [0.15, 0.2) is 6.23 Å². The van der Waals surface area contributed by atoms with Crippen molar-refractivity contribution in [2.24, 2.45) is 5.92 Å². The number of hydrogen-bond acceptors (Lipinski definition) is 7. The molecule has 2 aliphatic rings. The van der Waals surface area contributed by atoms with Crippen LogP contribution in [0.3, 0.4) is 0 Å². The Hall–Kier alpha value is -2.86. The molecular formula is C30H39N3O6Si. The van der Waals surface area contributed by atoms with E-state index in [9.17, 15) is 9.59 Å². The van der Waals surface area contributed by atoms with E-state index < -0.39 is 31.4 Å². The summed E-state index contributed by atoms with van der Waals surface area (Å²) >= 11 is 0. The Balaban J connectivity index is 1.55. The summed E-state index contributed by atoms with van der Waals surface area (Å²) in [5.41, 5.74) is -1.71. The van der Waals surface area contributed by atoms with Gasteiger partial charge in [-0.1, -0.05) is 88.4 Å². The standard InChI is InChI=1S/C30H39N3O6Si/c1-22-26-27(32-17-16-25(34)31-28(32)35)39-30(22,20-33(26)37-19-18-36-5)21-38-40(29(2,3)4,23-12-8-6-9-13-23)24-14-10-7-11-15-24/h6-17,22,26-27H,18-21H2,1-5H3,(H,31,34,35)/t22-,26+,27+,30+/m0/s1. The fraction of sp³-hybridized carbons (Fsp3) is 0.467. The molecule has 2 fully saturated rings. The van der Waals surface area contributed by atoms with Crippen LogP contribution in [0.15, 0.2) is 82.5 Å². The number of nitrogens with one attached hydrogen (secondary N) is 1. The molecule has 1 aromatic heterocycles. The van der Waals surface area contributed by atoms with E-state index in [0.29, 0.717) is 26.4 Å². The lowest BCUT2D eigenvalue weighted by atomic mass is 9.91. The maximum atomic E-state index is 12.8. The fourth-order valence-electron chi connectivity index (χ4n) is 6.34. The second-order valence-corrected chi connectivity index (χ2v) is 16.0. The van der Waals surface area contributed by atoms with Gasteiger partial charge < -0.3 is 13.9 Å². The van der Waals surface area contributed by atoms with Crippen molar-refractivity contribution in [2.45, 2.75) is 50.6 Å². The van der Waals surface area contributed by atoms with Gasteiger partial charge in [0.2, 0.25) is 0 Å². The van der Waals surface area contributed by atoms with Gasteiger partial charge in [0.05, 0.1) is 32.4 Å². The highest BCUT2D eigenvalue weighted by atomic mass is 28.4. The predicted octanol–water partition coefficient (Wildman–Crippen LogP) is 2.28. The van der Waals surface area contributed by atoms with E-state index in [1.165, 1.54) is 27.2 Å². The number of hydrogen-bond donors (Lipinski definition) is 1. The molecule has 2 aliphatic heterocycles. The lowest BCUT2D eigenvalue weighted by Crippen LogP contribution is -2.68. The molecule has 0 aliphatic carbocycles. The number of aromatic amines is 1. The van der Waals surface area contributed by atoms with Gasteiger partial charge in [-0.3, -0.25) is 19.2 Å². The van der Waals surface area contributed by atoms with Crippen LogP contribution in [0.25, 0.3) is 0 Å². The first kappa shape index (κ1) is 28.7. The highest BCUT2D eigenvalue weighted by Gasteiger charge is 2.64. The Labute approximate surface area is 235 Å². The van der Waals surface area contributed by atoms with Gasteiger partial charge in [-0.05, 0) is 15.4 Å². The Kier molecular flexibility index (Phi) is 8.02. The molecule has 2 saturated heterocycles. The molecule has 3 aromatic rings. The number of fused-ring (bicyclic) bond motifs is 2. The lowest BCUT2D eigenvalue weighted by molar-refractivity contribution is -0.255. The second kappa shape index (κ2) is 11.2. The topological polar surface area (TPSA) is 95.0 Å². The van der Waals surface area contributed by atoms with Crippen LogP contribution in [-0.2, 0) is 18.7 Å². The van der Waals surface area contributed by atoms with Gasteiger partial charge in [0.25, 0.3) is 13.9 Å². The number of ether oxygens (including phenoxy) is 2. The first-order chi connectivity index (χ1) is 19.1. The molecule has 9 nitrogen and oxygen atoms in total.